The topological polar surface area (TPSA) is 118 Å². The van der Waals surface area contributed by atoms with Gasteiger partial charge in [-0.15, -0.1) is 11.8 Å². The van der Waals surface area contributed by atoms with Gasteiger partial charge in [0.25, 0.3) is 0 Å². The molecule has 0 aliphatic heterocycles. The predicted molar refractivity (Wildman–Crippen MR) is 127 cm³/mol. The molecule has 0 spiro atoms. The first-order valence-electron chi connectivity index (χ1n) is 9.67. The molecule has 10 heteroatoms. The summed E-state index contributed by atoms with van der Waals surface area (Å²) in [6, 6.07) is 12.5. The van der Waals surface area contributed by atoms with Gasteiger partial charge in [-0.3, -0.25) is 9.59 Å². The van der Waals surface area contributed by atoms with Gasteiger partial charge in [0, 0.05) is 22.7 Å². The third kappa shape index (κ3) is 6.56. The average molecular weight is 472 g/mol. The lowest BCUT2D eigenvalue weighted by Gasteiger charge is -2.11. The monoisotopic (exact) mass is 471 g/mol. The molecule has 0 bridgehead atoms. The highest BCUT2D eigenvalue weighted by Gasteiger charge is 2.17. The Bertz CT molecular complexity index is 1160. The fraction of sp³-hybridized carbons (Fsp3) is 0.182. The normalized spacial score (nSPS) is 11.9. The van der Waals surface area contributed by atoms with Crippen molar-refractivity contribution in [1.29, 1.82) is 0 Å². The number of nitrogens with one attached hydrogen (secondary N) is 2. The maximum absolute atomic E-state index is 12.6. The summed E-state index contributed by atoms with van der Waals surface area (Å²) in [5.41, 5.74) is 1.32. The summed E-state index contributed by atoms with van der Waals surface area (Å²) in [5, 5.41) is 14.1. The van der Waals surface area contributed by atoms with E-state index >= 15 is 0 Å². The molecule has 0 radical (unpaired) electrons. The first kappa shape index (κ1) is 23.3. The van der Waals surface area contributed by atoms with Crippen LogP contribution in [0.25, 0.3) is 10.2 Å². The zero-order valence-electron chi connectivity index (χ0n) is 17.3. The molecular weight excluding hydrogens is 450 g/mol. The van der Waals surface area contributed by atoms with E-state index < -0.39 is 11.9 Å². The summed E-state index contributed by atoms with van der Waals surface area (Å²) >= 11 is 2.76. The predicted octanol–water partition coefficient (Wildman–Crippen LogP) is 4.39. The molecule has 1 aromatic heterocycles. The smallest absolute Gasteiger partial charge is 0.328 e. The molecule has 32 heavy (non-hydrogen) atoms. The minimum atomic E-state index is -1.19. The van der Waals surface area contributed by atoms with Crippen LogP contribution in [0.2, 0.25) is 0 Å². The van der Waals surface area contributed by atoms with Gasteiger partial charge in [0.15, 0.2) is 5.13 Å². The van der Waals surface area contributed by atoms with Crippen molar-refractivity contribution in [3.63, 3.8) is 0 Å². The summed E-state index contributed by atoms with van der Waals surface area (Å²) in [4.78, 5) is 40.0. The minimum absolute atomic E-state index is 0.171. The summed E-state index contributed by atoms with van der Waals surface area (Å²) in [5.74, 6) is -1.14. The highest BCUT2D eigenvalue weighted by Crippen LogP contribution is 2.30. The van der Waals surface area contributed by atoms with Crippen LogP contribution in [0.4, 0.5) is 10.8 Å². The van der Waals surface area contributed by atoms with Crippen LogP contribution < -0.4 is 15.4 Å². The molecule has 8 nitrogen and oxygen atoms in total. The van der Waals surface area contributed by atoms with Crippen LogP contribution in [-0.2, 0) is 14.4 Å². The van der Waals surface area contributed by atoms with Crippen LogP contribution in [0.1, 0.15) is 13.8 Å². The Kier molecular flexibility index (Phi) is 7.85. The number of hydrogen-bond acceptors (Lipinski definition) is 7. The van der Waals surface area contributed by atoms with Crippen molar-refractivity contribution in [1.82, 2.24) is 4.98 Å². The number of aliphatic carboxylic acids is 1. The van der Waals surface area contributed by atoms with Crippen molar-refractivity contribution in [3.8, 4) is 5.75 Å². The average Bonchev–Trinajstić information content (AvgIpc) is 3.15. The zero-order chi connectivity index (χ0) is 23.1. The molecule has 3 N–H and O–H groups in total. The maximum Gasteiger partial charge on any atom is 0.328 e. The fourth-order valence-electron chi connectivity index (χ4n) is 2.63. The summed E-state index contributed by atoms with van der Waals surface area (Å²) in [6.07, 6.45) is 1.71. The van der Waals surface area contributed by atoms with Crippen molar-refractivity contribution in [2.75, 3.05) is 17.2 Å². The number of thiazole rings is 1. The van der Waals surface area contributed by atoms with E-state index in [1.165, 1.54) is 23.1 Å². The molecule has 1 unspecified atom stereocenters. The lowest BCUT2D eigenvalue weighted by Crippen LogP contribution is -2.22. The number of aromatic nitrogens is 1. The number of carbonyl (C=O) groups is 3. The van der Waals surface area contributed by atoms with Crippen LogP contribution in [0.15, 0.2) is 59.5 Å². The van der Waals surface area contributed by atoms with Gasteiger partial charge in [0.05, 0.1) is 22.1 Å². The number of anilines is 2. The highest BCUT2D eigenvalue weighted by atomic mass is 32.2. The van der Waals surface area contributed by atoms with Gasteiger partial charge in [0.1, 0.15) is 5.75 Å². The van der Waals surface area contributed by atoms with Gasteiger partial charge in [-0.2, -0.15) is 0 Å². The summed E-state index contributed by atoms with van der Waals surface area (Å²) < 4.78 is 6.43. The van der Waals surface area contributed by atoms with Crippen molar-refractivity contribution >= 4 is 61.9 Å². The highest BCUT2D eigenvalue weighted by molar-refractivity contribution is 8.00. The van der Waals surface area contributed by atoms with Crippen molar-refractivity contribution < 1.29 is 24.2 Å². The standard InChI is InChI=1S/C22H21N3O5S2/c1-3-30-15-6-9-17-18(12-15)32-22(24-17)25-21(29)13(2)31-16-7-4-14(5-8-16)23-19(26)10-11-20(27)28/h4-13H,3H2,1-2H3,(H,23,26)(H,27,28)(H,24,25,29)/b11-10+. The van der Waals surface area contributed by atoms with Gasteiger partial charge in [-0.25, -0.2) is 9.78 Å². The number of carboxylic acids is 1. The molecule has 3 aromatic rings. The van der Waals surface area contributed by atoms with Gasteiger partial charge in [-0.1, -0.05) is 11.3 Å². The summed E-state index contributed by atoms with van der Waals surface area (Å²) in [6.45, 7) is 4.30. The van der Waals surface area contributed by atoms with Crippen molar-refractivity contribution in [2.45, 2.75) is 24.0 Å². The molecular formula is C22H21N3O5S2. The second kappa shape index (κ2) is 10.8. The van der Waals surface area contributed by atoms with Crippen LogP contribution in [0.5, 0.6) is 5.75 Å². The third-order valence-corrected chi connectivity index (χ3v) is 6.13. The molecule has 0 saturated carbocycles. The van der Waals surface area contributed by atoms with Gasteiger partial charge in [-0.05, 0) is 56.3 Å². The first-order valence-corrected chi connectivity index (χ1v) is 11.4. The lowest BCUT2D eigenvalue weighted by atomic mass is 10.3. The number of carboxylic acid groups (broad SMARTS) is 1. The molecule has 166 valence electrons. The largest absolute Gasteiger partial charge is 0.494 e. The van der Waals surface area contributed by atoms with E-state index in [-0.39, 0.29) is 11.2 Å². The van der Waals surface area contributed by atoms with Crippen molar-refractivity contribution in [3.05, 3.63) is 54.6 Å². The Balaban J connectivity index is 1.56. The summed E-state index contributed by atoms with van der Waals surface area (Å²) in [7, 11) is 0. The minimum Gasteiger partial charge on any atom is -0.494 e. The Labute approximate surface area is 192 Å². The number of benzene rings is 2. The quantitative estimate of drug-likeness (QED) is 0.313. The fourth-order valence-corrected chi connectivity index (χ4v) is 4.39. The second-order valence-electron chi connectivity index (χ2n) is 6.52. The van der Waals surface area contributed by atoms with Crippen LogP contribution in [-0.4, -0.2) is 39.7 Å². The molecule has 0 aliphatic rings. The van der Waals surface area contributed by atoms with E-state index in [9.17, 15) is 14.4 Å². The number of hydrogen-bond donors (Lipinski definition) is 3. The van der Waals surface area contributed by atoms with E-state index in [0.29, 0.717) is 17.4 Å². The molecule has 2 amide bonds. The van der Waals surface area contributed by atoms with Gasteiger partial charge < -0.3 is 20.5 Å². The second-order valence-corrected chi connectivity index (χ2v) is 8.96. The molecule has 1 heterocycles. The van der Waals surface area contributed by atoms with Crippen LogP contribution in [0.3, 0.4) is 0 Å². The number of carbonyl (C=O) groups excluding carboxylic acids is 2. The molecule has 3 rings (SSSR count). The number of amides is 2. The van der Waals surface area contributed by atoms with E-state index in [1.807, 2.05) is 25.1 Å². The molecule has 0 fully saturated rings. The molecule has 0 aliphatic carbocycles. The SMILES string of the molecule is CCOc1ccc2nc(NC(=O)C(C)Sc3ccc(NC(=O)/C=C/C(=O)O)cc3)sc2c1. The maximum atomic E-state index is 12.6. The van der Waals surface area contributed by atoms with E-state index in [0.717, 1.165) is 33.0 Å². The number of rotatable bonds is 9. The molecule has 0 saturated heterocycles. The first-order chi connectivity index (χ1) is 15.3. The zero-order valence-corrected chi connectivity index (χ0v) is 19.0. The van der Waals surface area contributed by atoms with Gasteiger partial charge in [0.2, 0.25) is 11.8 Å². The van der Waals surface area contributed by atoms with E-state index in [4.69, 9.17) is 9.84 Å². The number of thioether (sulfide) groups is 1. The third-order valence-electron chi connectivity index (χ3n) is 4.08. The number of nitrogens with zero attached hydrogens (tertiary/aromatic N) is 1. The Morgan fingerprint density at radius 2 is 1.91 bits per heavy atom. The Morgan fingerprint density at radius 1 is 1.16 bits per heavy atom. The van der Waals surface area contributed by atoms with Crippen LogP contribution in [0, 0.1) is 0 Å². The van der Waals surface area contributed by atoms with Crippen LogP contribution >= 0.6 is 23.1 Å². The Hall–Kier alpha value is -3.37. The number of fused-ring (bicyclic) bond motifs is 1. The van der Waals surface area contributed by atoms with E-state index in [1.54, 1.807) is 31.2 Å². The van der Waals surface area contributed by atoms with E-state index in [2.05, 4.69) is 15.6 Å². The Morgan fingerprint density at radius 3 is 2.59 bits per heavy atom. The molecule has 1 atom stereocenters. The molecule has 2 aromatic carbocycles. The van der Waals surface area contributed by atoms with Gasteiger partial charge >= 0.3 is 5.97 Å². The lowest BCUT2D eigenvalue weighted by molar-refractivity contribution is -0.131. The van der Waals surface area contributed by atoms with Crippen molar-refractivity contribution in [2.24, 2.45) is 0 Å². The number of ether oxygens (including phenoxy) is 1.